The van der Waals surface area contributed by atoms with Crippen LogP contribution in [0.5, 0.6) is 0 Å². The van der Waals surface area contributed by atoms with Crippen LogP contribution >= 0.6 is 11.3 Å². The molecule has 2 heterocycles. The molecule has 1 saturated heterocycles. The summed E-state index contributed by atoms with van der Waals surface area (Å²) in [5, 5.41) is 10.3. The maximum Gasteiger partial charge on any atom is 0.237 e. The van der Waals surface area contributed by atoms with Gasteiger partial charge >= 0.3 is 0 Å². The van der Waals surface area contributed by atoms with Crippen molar-refractivity contribution in [2.45, 2.75) is 12.8 Å². The fourth-order valence-corrected chi connectivity index (χ4v) is 2.42. The monoisotopic (exact) mass is 283 g/mol. The zero-order valence-corrected chi connectivity index (χ0v) is 10.9. The molecule has 19 heavy (non-hydrogen) atoms. The zero-order valence-electron chi connectivity index (χ0n) is 10.0. The summed E-state index contributed by atoms with van der Waals surface area (Å²) in [6, 6.07) is 0. The van der Waals surface area contributed by atoms with Gasteiger partial charge in [0, 0.05) is 18.9 Å². The first-order valence-electron chi connectivity index (χ1n) is 5.69. The number of nitrogens with one attached hydrogen (secondary N) is 1. The van der Waals surface area contributed by atoms with E-state index in [1.807, 2.05) is 0 Å². The number of nitrogens with zero attached hydrogens (tertiary/aromatic N) is 3. The molecule has 0 aliphatic carbocycles. The van der Waals surface area contributed by atoms with Crippen molar-refractivity contribution in [1.29, 1.82) is 0 Å². The van der Waals surface area contributed by atoms with Crippen LogP contribution in [0.3, 0.4) is 0 Å². The fraction of sp³-hybridized carbons (Fsp3) is 0.500. The Morgan fingerprint density at radius 3 is 3.00 bits per heavy atom. The van der Waals surface area contributed by atoms with Gasteiger partial charge in [0.25, 0.3) is 0 Å². The van der Waals surface area contributed by atoms with Gasteiger partial charge in [-0.05, 0) is 6.42 Å². The molecule has 0 spiro atoms. The Hall–Kier alpha value is -2.03. The van der Waals surface area contributed by atoms with E-state index in [0.29, 0.717) is 18.1 Å². The van der Waals surface area contributed by atoms with Gasteiger partial charge in [0.15, 0.2) is 0 Å². The summed E-state index contributed by atoms with van der Waals surface area (Å²) in [5.41, 5.74) is 6.55. The number of primary amides is 1. The van der Waals surface area contributed by atoms with E-state index in [2.05, 4.69) is 15.5 Å². The van der Waals surface area contributed by atoms with Crippen LogP contribution in [0, 0.1) is 5.92 Å². The average Bonchev–Trinajstić information content (AvgIpc) is 2.93. The standard InChI is InChI=1S/C10H13N5O3S/c11-7(16)4-15-2-1-6(9(15)18)3-8(17)13-10-14-12-5-19-10/h5-6H,1-4H2,(H2,11,16)(H,13,14,17). The van der Waals surface area contributed by atoms with Gasteiger partial charge in [-0.25, -0.2) is 0 Å². The lowest BCUT2D eigenvalue weighted by Crippen LogP contribution is -2.36. The van der Waals surface area contributed by atoms with Gasteiger partial charge in [-0.3, -0.25) is 14.4 Å². The van der Waals surface area contributed by atoms with Gasteiger partial charge < -0.3 is 16.0 Å². The molecule has 1 unspecified atom stereocenters. The number of rotatable bonds is 5. The molecule has 1 aliphatic heterocycles. The number of amides is 3. The van der Waals surface area contributed by atoms with E-state index >= 15 is 0 Å². The van der Waals surface area contributed by atoms with E-state index in [0.717, 1.165) is 0 Å². The number of carbonyl (C=O) groups is 3. The highest BCUT2D eigenvalue weighted by Crippen LogP contribution is 2.21. The number of hydrogen-bond acceptors (Lipinski definition) is 6. The largest absolute Gasteiger partial charge is 0.368 e. The lowest BCUT2D eigenvalue weighted by molar-refractivity contribution is -0.135. The summed E-state index contributed by atoms with van der Waals surface area (Å²) in [4.78, 5) is 35.8. The van der Waals surface area contributed by atoms with Gasteiger partial charge in [-0.1, -0.05) is 11.3 Å². The van der Waals surface area contributed by atoms with Crippen LogP contribution < -0.4 is 11.1 Å². The van der Waals surface area contributed by atoms with Crippen molar-refractivity contribution in [2.75, 3.05) is 18.4 Å². The van der Waals surface area contributed by atoms with E-state index < -0.39 is 11.8 Å². The summed E-state index contributed by atoms with van der Waals surface area (Å²) >= 11 is 1.21. The van der Waals surface area contributed by atoms with Crippen molar-refractivity contribution >= 4 is 34.2 Å². The SMILES string of the molecule is NC(=O)CN1CCC(CC(=O)Nc2nncs2)C1=O. The summed E-state index contributed by atoms with van der Waals surface area (Å²) in [6.07, 6.45) is 0.628. The average molecular weight is 283 g/mol. The van der Waals surface area contributed by atoms with Crippen LogP contribution in [0.2, 0.25) is 0 Å². The summed E-state index contributed by atoms with van der Waals surface area (Å²) in [5.74, 6) is -1.43. The Labute approximate surface area is 113 Å². The molecule has 0 bridgehead atoms. The number of nitrogens with two attached hydrogens (primary N) is 1. The van der Waals surface area contributed by atoms with Crippen LogP contribution in [0.4, 0.5) is 5.13 Å². The predicted octanol–water partition coefficient (Wildman–Crippen LogP) is -0.800. The molecule has 3 amide bonds. The van der Waals surface area contributed by atoms with E-state index in [-0.39, 0.29) is 24.8 Å². The highest BCUT2D eigenvalue weighted by Gasteiger charge is 2.33. The van der Waals surface area contributed by atoms with Crippen LogP contribution in [-0.2, 0) is 14.4 Å². The minimum atomic E-state index is -0.549. The maximum absolute atomic E-state index is 11.9. The minimum Gasteiger partial charge on any atom is -0.368 e. The molecular formula is C10H13N5O3S. The fourth-order valence-electron chi connectivity index (χ4n) is 1.96. The Bertz CT molecular complexity index is 489. The van der Waals surface area contributed by atoms with Gasteiger partial charge in [0.1, 0.15) is 5.51 Å². The van der Waals surface area contributed by atoms with Crippen molar-refractivity contribution in [3.05, 3.63) is 5.51 Å². The maximum atomic E-state index is 11.9. The summed E-state index contributed by atoms with van der Waals surface area (Å²) in [7, 11) is 0. The molecule has 1 atom stereocenters. The number of carbonyl (C=O) groups excluding carboxylic acids is 3. The highest BCUT2D eigenvalue weighted by molar-refractivity contribution is 7.13. The number of likely N-dealkylation sites (tertiary alicyclic amines) is 1. The zero-order chi connectivity index (χ0) is 13.8. The van der Waals surface area contributed by atoms with Crippen molar-refractivity contribution in [1.82, 2.24) is 15.1 Å². The van der Waals surface area contributed by atoms with Gasteiger partial charge in [-0.2, -0.15) is 0 Å². The molecular weight excluding hydrogens is 270 g/mol. The van der Waals surface area contributed by atoms with Crippen LogP contribution in [0.25, 0.3) is 0 Å². The summed E-state index contributed by atoms with van der Waals surface area (Å²) in [6.45, 7) is 0.367. The van der Waals surface area contributed by atoms with Crippen LogP contribution in [0.15, 0.2) is 5.51 Å². The molecule has 1 aromatic rings. The van der Waals surface area contributed by atoms with Crippen molar-refractivity contribution in [2.24, 2.45) is 11.7 Å². The Balaban J connectivity index is 1.85. The Morgan fingerprint density at radius 2 is 2.37 bits per heavy atom. The molecule has 0 radical (unpaired) electrons. The van der Waals surface area contributed by atoms with Gasteiger partial charge in [-0.15, -0.1) is 10.2 Å². The molecule has 9 heteroatoms. The Kier molecular flexibility index (Phi) is 4.05. The third-order valence-electron chi connectivity index (χ3n) is 2.79. The highest BCUT2D eigenvalue weighted by atomic mass is 32.1. The molecule has 0 aromatic carbocycles. The smallest absolute Gasteiger partial charge is 0.237 e. The second kappa shape index (κ2) is 5.74. The minimum absolute atomic E-state index is 0.0771. The topological polar surface area (TPSA) is 118 Å². The molecule has 102 valence electrons. The molecule has 8 nitrogen and oxygen atoms in total. The van der Waals surface area contributed by atoms with E-state index in [9.17, 15) is 14.4 Å². The van der Waals surface area contributed by atoms with Gasteiger partial charge in [0.05, 0.1) is 6.54 Å². The van der Waals surface area contributed by atoms with E-state index in [4.69, 9.17) is 5.73 Å². The van der Waals surface area contributed by atoms with Crippen LogP contribution in [-0.4, -0.2) is 45.9 Å². The van der Waals surface area contributed by atoms with Gasteiger partial charge in [0.2, 0.25) is 22.9 Å². The molecule has 1 fully saturated rings. The summed E-state index contributed by atoms with van der Waals surface area (Å²) < 4.78 is 0. The number of anilines is 1. The third-order valence-corrected chi connectivity index (χ3v) is 3.40. The normalized spacial score (nSPS) is 18.6. The third kappa shape index (κ3) is 3.47. The second-order valence-electron chi connectivity index (χ2n) is 4.21. The quantitative estimate of drug-likeness (QED) is 0.733. The molecule has 1 aromatic heterocycles. The first-order chi connectivity index (χ1) is 9.06. The van der Waals surface area contributed by atoms with Crippen molar-refractivity contribution in [3.63, 3.8) is 0 Å². The lowest BCUT2D eigenvalue weighted by atomic mass is 10.0. The molecule has 0 saturated carbocycles. The Morgan fingerprint density at radius 1 is 1.58 bits per heavy atom. The van der Waals surface area contributed by atoms with Crippen LogP contribution in [0.1, 0.15) is 12.8 Å². The van der Waals surface area contributed by atoms with E-state index in [1.165, 1.54) is 21.7 Å². The second-order valence-corrected chi connectivity index (χ2v) is 5.04. The van der Waals surface area contributed by atoms with Crippen molar-refractivity contribution < 1.29 is 14.4 Å². The molecule has 3 N–H and O–H groups in total. The number of hydrogen-bond donors (Lipinski definition) is 2. The molecule has 1 aliphatic rings. The number of aromatic nitrogens is 2. The predicted molar refractivity (Wildman–Crippen MR) is 67.0 cm³/mol. The first kappa shape index (κ1) is 13.4. The van der Waals surface area contributed by atoms with Crippen molar-refractivity contribution in [3.8, 4) is 0 Å². The molecule has 2 rings (SSSR count). The lowest BCUT2D eigenvalue weighted by Gasteiger charge is -2.14. The van der Waals surface area contributed by atoms with E-state index in [1.54, 1.807) is 0 Å². The first-order valence-corrected chi connectivity index (χ1v) is 6.57.